The Balaban J connectivity index is 2.69. The highest BCUT2D eigenvalue weighted by Gasteiger charge is 1.94. The van der Waals surface area contributed by atoms with Crippen LogP contribution in [-0.2, 0) is 0 Å². The summed E-state index contributed by atoms with van der Waals surface area (Å²) in [6.07, 6.45) is 2.10. The average molecular weight is 145 g/mol. The maximum Gasteiger partial charge on any atom is -0.0225 e. The van der Waals surface area contributed by atoms with E-state index in [1.54, 1.807) is 0 Å². The number of hydrogen-bond donors (Lipinski definition) is 0. The van der Waals surface area contributed by atoms with E-state index in [0.29, 0.717) is 0 Å². The van der Waals surface area contributed by atoms with Crippen molar-refractivity contribution in [3.05, 3.63) is 42.5 Å². The van der Waals surface area contributed by atoms with Crippen LogP contribution in [0.3, 0.4) is 0 Å². The topological polar surface area (TPSA) is 0 Å². The lowest BCUT2D eigenvalue weighted by Crippen LogP contribution is -1.80. The van der Waals surface area contributed by atoms with Gasteiger partial charge in [-0.3, -0.25) is 0 Å². The van der Waals surface area contributed by atoms with Gasteiger partial charge in [0.05, 0.1) is 0 Å². The van der Waals surface area contributed by atoms with Crippen molar-refractivity contribution < 1.29 is 0 Å². The van der Waals surface area contributed by atoms with E-state index in [-0.39, 0.29) is 0 Å². The second kappa shape index (κ2) is 3.97. The second-order valence-corrected chi connectivity index (χ2v) is 2.64. The molecule has 11 heavy (non-hydrogen) atoms. The Hall–Kier alpha value is -1.04. The molecule has 0 unspecified atom stereocenters. The Morgan fingerprint density at radius 3 is 2.45 bits per heavy atom. The number of allylic oxidation sites excluding steroid dienone is 1. The van der Waals surface area contributed by atoms with Crippen LogP contribution < -0.4 is 0 Å². The van der Waals surface area contributed by atoms with Crippen LogP contribution in [0, 0.1) is 6.58 Å². The van der Waals surface area contributed by atoms with Gasteiger partial charge < -0.3 is 0 Å². The zero-order chi connectivity index (χ0) is 8.10. The van der Waals surface area contributed by atoms with E-state index < -0.39 is 0 Å². The fraction of sp³-hybridized carbons (Fsp3) is 0.273. The molecule has 0 saturated heterocycles. The molecule has 0 atom stereocenters. The minimum atomic E-state index is 0.990. The quantitative estimate of drug-likeness (QED) is 0.612. The van der Waals surface area contributed by atoms with Crippen molar-refractivity contribution in [1.29, 1.82) is 0 Å². The normalized spacial score (nSPS) is 9.55. The molecule has 0 aliphatic carbocycles. The van der Waals surface area contributed by atoms with Crippen LogP contribution in [-0.4, -0.2) is 0 Å². The van der Waals surface area contributed by atoms with Crippen molar-refractivity contribution in [1.82, 2.24) is 0 Å². The SMILES string of the molecule is [CH]=C(CCC)c1ccccc1. The van der Waals surface area contributed by atoms with Crippen molar-refractivity contribution in [3.8, 4) is 0 Å². The van der Waals surface area contributed by atoms with Crippen LogP contribution in [0.25, 0.3) is 5.57 Å². The van der Waals surface area contributed by atoms with Gasteiger partial charge in [-0.2, -0.15) is 0 Å². The maximum atomic E-state index is 5.82. The van der Waals surface area contributed by atoms with Gasteiger partial charge in [0.15, 0.2) is 0 Å². The van der Waals surface area contributed by atoms with Crippen molar-refractivity contribution >= 4 is 5.57 Å². The van der Waals surface area contributed by atoms with E-state index in [1.165, 1.54) is 0 Å². The standard InChI is InChI=1S/C11H13/c1-3-7-10(2)11-8-5-4-6-9-11/h2,4-6,8-9H,3,7H2,1H3. The fourth-order valence-corrected chi connectivity index (χ4v) is 1.07. The summed E-state index contributed by atoms with van der Waals surface area (Å²) >= 11 is 0. The lowest BCUT2D eigenvalue weighted by atomic mass is 10.0. The monoisotopic (exact) mass is 145 g/mol. The first-order valence-electron chi connectivity index (χ1n) is 4.01. The third-order valence-corrected chi connectivity index (χ3v) is 1.66. The van der Waals surface area contributed by atoms with E-state index in [4.69, 9.17) is 6.58 Å². The Labute approximate surface area is 68.6 Å². The first-order valence-corrected chi connectivity index (χ1v) is 4.01. The van der Waals surface area contributed by atoms with Gasteiger partial charge in [-0.05, 0) is 17.6 Å². The summed E-state index contributed by atoms with van der Waals surface area (Å²) in [5.74, 6) is 0. The molecular formula is C11H13. The maximum absolute atomic E-state index is 5.82. The molecular weight excluding hydrogens is 132 g/mol. The van der Waals surface area contributed by atoms with E-state index in [1.807, 2.05) is 30.3 Å². The predicted molar refractivity (Wildman–Crippen MR) is 49.1 cm³/mol. The molecule has 0 saturated carbocycles. The molecule has 0 heteroatoms. The van der Waals surface area contributed by atoms with Crippen LogP contribution >= 0.6 is 0 Å². The van der Waals surface area contributed by atoms with Crippen molar-refractivity contribution in [3.63, 3.8) is 0 Å². The van der Waals surface area contributed by atoms with Crippen LogP contribution in [0.15, 0.2) is 30.3 Å². The summed E-state index contributed by atoms with van der Waals surface area (Å²) in [6.45, 7) is 7.96. The van der Waals surface area contributed by atoms with E-state index in [0.717, 1.165) is 24.0 Å². The molecule has 1 rings (SSSR count). The van der Waals surface area contributed by atoms with Crippen molar-refractivity contribution in [2.45, 2.75) is 19.8 Å². The summed E-state index contributed by atoms with van der Waals surface area (Å²) in [6, 6.07) is 10.1. The molecule has 0 aromatic heterocycles. The molecule has 0 fully saturated rings. The third-order valence-electron chi connectivity index (χ3n) is 1.66. The van der Waals surface area contributed by atoms with E-state index in [2.05, 4.69) is 6.92 Å². The summed E-state index contributed by atoms with van der Waals surface area (Å²) < 4.78 is 0. The smallest absolute Gasteiger partial charge is 0.0225 e. The predicted octanol–water partition coefficient (Wildman–Crippen LogP) is 3.30. The number of hydrogen-bond acceptors (Lipinski definition) is 0. The molecule has 0 aliphatic heterocycles. The Morgan fingerprint density at radius 1 is 1.27 bits per heavy atom. The number of benzene rings is 1. The van der Waals surface area contributed by atoms with Gasteiger partial charge in [0.25, 0.3) is 0 Å². The van der Waals surface area contributed by atoms with Crippen LogP contribution in [0.1, 0.15) is 25.3 Å². The molecule has 0 heterocycles. The minimum Gasteiger partial charge on any atom is -0.0651 e. The highest BCUT2D eigenvalue weighted by molar-refractivity contribution is 5.61. The van der Waals surface area contributed by atoms with E-state index in [9.17, 15) is 0 Å². The Morgan fingerprint density at radius 2 is 1.91 bits per heavy atom. The van der Waals surface area contributed by atoms with Crippen LogP contribution in [0.2, 0.25) is 0 Å². The lowest BCUT2D eigenvalue weighted by Gasteiger charge is -2.01. The van der Waals surface area contributed by atoms with Gasteiger partial charge >= 0.3 is 0 Å². The molecule has 0 spiro atoms. The summed E-state index contributed by atoms with van der Waals surface area (Å²) in [4.78, 5) is 0. The van der Waals surface area contributed by atoms with Gasteiger partial charge in [0, 0.05) is 0 Å². The molecule has 0 N–H and O–H groups in total. The lowest BCUT2D eigenvalue weighted by molar-refractivity contribution is 0.974. The molecule has 0 bridgehead atoms. The first kappa shape index (κ1) is 8.06. The zero-order valence-corrected chi connectivity index (χ0v) is 6.88. The summed E-state index contributed by atoms with van der Waals surface area (Å²) in [5, 5.41) is 0. The van der Waals surface area contributed by atoms with Crippen molar-refractivity contribution in [2.24, 2.45) is 0 Å². The summed E-state index contributed by atoms with van der Waals surface area (Å²) in [5.41, 5.74) is 2.16. The molecule has 1 aromatic rings. The molecule has 0 aliphatic rings. The van der Waals surface area contributed by atoms with Gasteiger partial charge in [0.1, 0.15) is 0 Å². The Bertz CT molecular complexity index is 221. The van der Waals surface area contributed by atoms with Gasteiger partial charge in [-0.15, -0.1) is 0 Å². The van der Waals surface area contributed by atoms with Crippen LogP contribution in [0.5, 0.6) is 0 Å². The molecule has 0 amide bonds. The summed E-state index contributed by atoms with van der Waals surface area (Å²) in [7, 11) is 0. The fourth-order valence-electron chi connectivity index (χ4n) is 1.07. The molecule has 1 radical (unpaired) electrons. The van der Waals surface area contributed by atoms with Crippen LogP contribution in [0.4, 0.5) is 0 Å². The van der Waals surface area contributed by atoms with Gasteiger partial charge in [-0.1, -0.05) is 50.3 Å². The Kier molecular flexibility index (Phi) is 2.91. The first-order chi connectivity index (χ1) is 5.34. The second-order valence-electron chi connectivity index (χ2n) is 2.64. The van der Waals surface area contributed by atoms with E-state index >= 15 is 0 Å². The highest BCUT2D eigenvalue weighted by atomic mass is 14.0. The highest BCUT2D eigenvalue weighted by Crippen LogP contribution is 2.15. The molecule has 57 valence electrons. The van der Waals surface area contributed by atoms with Crippen molar-refractivity contribution in [2.75, 3.05) is 0 Å². The molecule has 1 aromatic carbocycles. The largest absolute Gasteiger partial charge is 0.0651 e. The third kappa shape index (κ3) is 2.23. The molecule has 0 nitrogen and oxygen atoms in total. The van der Waals surface area contributed by atoms with Gasteiger partial charge in [0.2, 0.25) is 0 Å². The van der Waals surface area contributed by atoms with Gasteiger partial charge in [-0.25, -0.2) is 0 Å². The minimum absolute atomic E-state index is 0.990. The average Bonchev–Trinajstić information content (AvgIpc) is 2.07. The zero-order valence-electron chi connectivity index (χ0n) is 6.88. The number of rotatable bonds is 3.